The average molecular weight is 337 g/mol. The van der Waals surface area contributed by atoms with Crippen molar-refractivity contribution in [2.24, 2.45) is 5.10 Å². The standard InChI is InChI=1S/C14H13ClN4S2/c1-9-11-12(17-13(15)16-9)19(2)18-14(21-11)20-8-10-6-4-3-5-7-10/h3-7H,8H2,1-2H3. The highest BCUT2D eigenvalue weighted by atomic mass is 35.5. The van der Waals surface area contributed by atoms with E-state index in [1.165, 1.54) is 5.56 Å². The van der Waals surface area contributed by atoms with Crippen molar-refractivity contribution in [2.75, 3.05) is 12.1 Å². The summed E-state index contributed by atoms with van der Waals surface area (Å²) in [7, 11) is 1.88. The van der Waals surface area contributed by atoms with Gasteiger partial charge in [-0.3, -0.25) is 0 Å². The number of hydrogen-bond donors (Lipinski definition) is 0. The van der Waals surface area contributed by atoms with Crippen LogP contribution in [0.25, 0.3) is 0 Å². The SMILES string of the molecule is Cc1nc(Cl)nc2c1SC(SCc1ccccc1)=NN2C. The zero-order valence-electron chi connectivity index (χ0n) is 11.6. The fourth-order valence-corrected chi connectivity index (χ4v) is 4.24. The minimum Gasteiger partial charge on any atom is -0.248 e. The van der Waals surface area contributed by atoms with Crippen LogP contribution in [0, 0.1) is 6.92 Å². The highest BCUT2D eigenvalue weighted by molar-refractivity contribution is 8.38. The van der Waals surface area contributed by atoms with Gasteiger partial charge in [-0.25, -0.2) is 9.99 Å². The van der Waals surface area contributed by atoms with Gasteiger partial charge in [-0.1, -0.05) is 53.9 Å². The summed E-state index contributed by atoms with van der Waals surface area (Å²) in [5.41, 5.74) is 2.16. The molecular formula is C14H13ClN4S2. The van der Waals surface area contributed by atoms with E-state index in [1.54, 1.807) is 28.5 Å². The Balaban J connectivity index is 1.78. The van der Waals surface area contributed by atoms with Crippen molar-refractivity contribution in [1.82, 2.24) is 9.97 Å². The number of hydrazone groups is 1. The van der Waals surface area contributed by atoms with E-state index in [2.05, 4.69) is 27.2 Å². The van der Waals surface area contributed by atoms with Gasteiger partial charge in [0.2, 0.25) is 5.28 Å². The molecule has 0 amide bonds. The summed E-state index contributed by atoms with van der Waals surface area (Å²) in [5, 5.41) is 6.57. The highest BCUT2D eigenvalue weighted by Gasteiger charge is 2.22. The monoisotopic (exact) mass is 336 g/mol. The van der Waals surface area contributed by atoms with Crippen molar-refractivity contribution < 1.29 is 0 Å². The maximum Gasteiger partial charge on any atom is 0.224 e. The first kappa shape index (κ1) is 14.7. The lowest BCUT2D eigenvalue weighted by Gasteiger charge is -2.23. The van der Waals surface area contributed by atoms with Crippen molar-refractivity contribution >= 4 is 45.3 Å². The number of fused-ring (bicyclic) bond motifs is 1. The topological polar surface area (TPSA) is 41.4 Å². The lowest BCUT2D eigenvalue weighted by atomic mass is 10.2. The molecule has 0 saturated carbocycles. The molecule has 0 N–H and O–H groups in total. The van der Waals surface area contributed by atoms with Gasteiger partial charge in [0.1, 0.15) is 0 Å². The number of anilines is 1. The van der Waals surface area contributed by atoms with E-state index in [1.807, 2.05) is 32.2 Å². The molecule has 0 unspecified atom stereocenters. The van der Waals surface area contributed by atoms with E-state index in [9.17, 15) is 0 Å². The highest BCUT2D eigenvalue weighted by Crippen LogP contribution is 2.39. The Morgan fingerprint density at radius 3 is 2.76 bits per heavy atom. The van der Waals surface area contributed by atoms with E-state index in [0.29, 0.717) is 0 Å². The first-order chi connectivity index (χ1) is 10.1. The van der Waals surface area contributed by atoms with Gasteiger partial charge in [-0.2, -0.15) is 10.1 Å². The van der Waals surface area contributed by atoms with Gasteiger partial charge in [0.05, 0.1) is 10.6 Å². The molecule has 1 aromatic heterocycles. The van der Waals surface area contributed by atoms with Gasteiger partial charge in [-0.15, -0.1) is 0 Å². The Morgan fingerprint density at radius 1 is 1.24 bits per heavy atom. The third kappa shape index (κ3) is 3.33. The number of benzene rings is 1. The lowest BCUT2D eigenvalue weighted by molar-refractivity contribution is 0.911. The molecular weight excluding hydrogens is 324 g/mol. The quantitative estimate of drug-likeness (QED) is 0.769. The van der Waals surface area contributed by atoms with E-state index < -0.39 is 0 Å². The second-order valence-electron chi connectivity index (χ2n) is 4.50. The van der Waals surface area contributed by atoms with Gasteiger partial charge in [-0.05, 0) is 24.1 Å². The third-order valence-corrected chi connectivity index (χ3v) is 5.44. The van der Waals surface area contributed by atoms with Crippen LogP contribution in [0.2, 0.25) is 5.28 Å². The zero-order chi connectivity index (χ0) is 14.8. The van der Waals surface area contributed by atoms with Crippen LogP contribution in [0.3, 0.4) is 0 Å². The van der Waals surface area contributed by atoms with Gasteiger partial charge >= 0.3 is 0 Å². The van der Waals surface area contributed by atoms with Crippen LogP contribution in [0.1, 0.15) is 11.3 Å². The molecule has 0 aliphatic carbocycles. The Bertz CT molecular complexity index is 691. The second-order valence-corrected chi connectivity index (χ2v) is 7.06. The van der Waals surface area contributed by atoms with Crippen LogP contribution in [0.5, 0.6) is 0 Å². The number of nitrogens with zero attached hydrogens (tertiary/aromatic N) is 4. The first-order valence-corrected chi connectivity index (χ1v) is 8.52. The number of aromatic nitrogens is 2. The summed E-state index contributed by atoms with van der Waals surface area (Å²) in [4.78, 5) is 9.49. The molecule has 0 atom stereocenters. The molecule has 4 nitrogen and oxygen atoms in total. The van der Waals surface area contributed by atoms with Crippen LogP contribution in [-0.2, 0) is 5.75 Å². The maximum atomic E-state index is 5.91. The number of thioether (sulfide) groups is 2. The van der Waals surface area contributed by atoms with Crippen LogP contribution in [0.15, 0.2) is 40.3 Å². The Labute approximate surface area is 137 Å². The maximum absolute atomic E-state index is 5.91. The smallest absolute Gasteiger partial charge is 0.224 e. The van der Waals surface area contributed by atoms with Crippen molar-refractivity contribution in [3.8, 4) is 0 Å². The van der Waals surface area contributed by atoms with Crippen molar-refractivity contribution in [1.29, 1.82) is 0 Å². The summed E-state index contributed by atoms with van der Waals surface area (Å²) in [5.74, 6) is 1.66. The molecule has 108 valence electrons. The normalized spacial score (nSPS) is 13.9. The number of halogens is 1. The molecule has 7 heteroatoms. The minimum atomic E-state index is 0.259. The van der Waals surface area contributed by atoms with Gasteiger partial charge < -0.3 is 0 Å². The van der Waals surface area contributed by atoms with Crippen LogP contribution in [-0.4, -0.2) is 21.4 Å². The molecule has 3 rings (SSSR count). The molecule has 0 spiro atoms. The predicted molar refractivity (Wildman–Crippen MR) is 91.2 cm³/mol. The Morgan fingerprint density at radius 2 is 2.00 bits per heavy atom. The Hall–Kier alpha value is -1.24. The molecule has 1 aliphatic rings. The molecule has 2 heterocycles. The summed E-state index contributed by atoms with van der Waals surface area (Å²) >= 11 is 9.23. The summed E-state index contributed by atoms with van der Waals surface area (Å²) < 4.78 is 0.989. The zero-order valence-corrected chi connectivity index (χ0v) is 14.0. The van der Waals surface area contributed by atoms with Crippen LogP contribution < -0.4 is 5.01 Å². The number of aryl methyl sites for hydroxylation is 1. The molecule has 1 aliphatic heterocycles. The average Bonchev–Trinajstić information content (AvgIpc) is 2.47. The summed E-state index contributed by atoms with van der Waals surface area (Å²) in [6, 6.07) is 10.4. The molecule has 0 bridgehead atoms. The summed E-state index contributed by atoms with van der Waals surface area (Å²) in [6.07, 6.45) is 0. The Kier molecular flexibility index (Phi) is 4.37. The largest absolute Gasteiger partial charge is 0.248 e. The van der Waals surface area contributed by atoms with Crippen molar-refractivity contribution in [3.05, 3.63) is 46.9 Å². The van der Waals surface area contributed by atoms with Crippen LogP contribution in [0.4, 0.5) is 5.82 Å². The minimum absolute atomic E-state index is 0.259. The summed E-state index contributed by atoms with van der Waals surface area (Å²) in [6.45, 7) is 1.94. The van der Waals surface area contributed by atoms with Crippen molar-refractivity contribution in [3.63, 3.8) is 0 Å². The van der Waals surface area contributed by atoms with E-state index in [0.717, 1.165) is 26.5 Å². The molecule has 21 heavy (non-hydrogen) atoms. The van der Waals surface area contributed by atoms with Gasteiger partial charge in [0, 0.05) is 12.8 Å². The fraction of sp³-hybridized carbons (Fsp3) is 0.214. The fourth-order valence-electron chi connectivity index (χ4n) is 1.91. The molecule has 0 saturated heterocycles. The van der Waals surface area contributed by atoms with Gasteiger partial charge in [0.25, 0.3) is 0 Å². The lowest BCUT2D eigenvalue weighted by Crippen LogP contribution is -2.18. The predicted octanol–water partition coefficient (Wildman–Crippen LogP) is 4.18. The second kappa shape index (κ2) is 6.25. The number of hydrogen-bond acceptors (Lipinski definition) is 6. The van der Waals surface area contributed by atoms with E-state index in [4.69, 9.17) is 11.6 Å². The third-order valence-electron chi connectivity index (χ3n) is 2.92. The molecule has 1 aromatic carbocycles. The molecule has 0 fully saturated rings. The number of rotatable bonds is 2. The van der Waals surface area contributed by atoms with Crippen molar-refractivity contribution in [2.45, 2.75) is 17.6 Å². The molecule has 2 aromatic rings. The van der Waals surface area contributed by atoms with Crippen LogP contribution >= 0.6 is 35.1 Å². The van der Waals surface area contributed by atoms with E-state index in [-0.39, 0.29) is 5.28 Å². The molecule has 0 radical (unpaired) electrons. The van der Waals surface area contributed by atoms with E-state index >= 15 is 0 Å². The van der Waals surface area contributed by atoms with Gasteiger partial charge in [0.15, 0.2) is 10.2 Å². The first-order valence-electron chi connectivity index (χ1n) is 6.34.